The molecular formula is C29H33BrN4O2. The van der Waals surface area contributed by atoms with Crippen molar-refractivity contribution in [2.24, 2.45) is 0 Å². The van der Waals surface area contributed by atoms with Gasteiger partial charge in [0.25, 0.3) is 11.8 Å². The largest absolute Gasteiger partial charge is 0.358 e. The number of benzene rings is 2. The number of rotatable bonds is 8. The summed E-state index contributed by atoms with van der Waals surface area (Å²) < 4.78 is 0.992. The number of carbonyl (C=O) groups is 2. The van der Waals surface area contributed by atoms with Crippen molar-refractivity contribution in [2.45, 2.75) is 46.7 Å². The molecule has 0 unspecified atom stereocenters. The Morgan fingerprint density at radius 3 is 2.44 bits per heavy atom. The molecule has 188 valence electrons. The molecular weight excluding hydrogens is 516 g/mol. The Kier molecular flexibility index (Phi) is 7.81. The minimum Gasteiger partial charge on any atom is -0.358 e. The third kappa shape index (κ3) is 5.47. The van der Waals surface area contributed by atoms with E-state index in [0.717, 1.165) is 39.1 Å². The molecule has 0 atom stereocenters. The van der Waals surface area contributed by atoms with E-state index in [0.29, 0.717) is 35.5 Å². The molecule has 0 spiro atoms. The number of aromatic amines is 1. The number of carbonyl (C=O) groups excluding carboxylic acids is 2. The second kappa shape index (κ2) is 10.8. The van der Waals surface area contributed by atoms with Gasteiger partial charge in [-0.1, -0.05) is 40.2 Å². The van der Waals surface area contributed by atoms with Gasteiger partial charge in [-0.2, -0.15) is 0 Å². The van der Waals surface area contributed by atoms with Crippen LogP contribution in [-0.2, 0) is 4.79 Å². The Hall–Kier alpha value is -3.16. The fourth-order valence-electron chi connectivity index (χ4n) is 4.82. The van der Waals surface area contributed by atoms with Crippen molar-refractivity contribution in [2.75, 3.05) is 18.4 Å². The Balaban J connectivity index is 1.64. The molecule has 1 aromatic heterocycles. The van der Waals surface area contributed by atoms with Crippen molar-refractivity contribution < 1.29 is 9.59 Å². The average molecular weight is 550 g/mol. The molecule has 1 aliphatic heterocycles. The van der Waals surface area contributed by atoms with E-state index in [4.69, 9.17) is 0 Å². The number of hydrogen-bond donors (Lipinski definition) is 3. The first-order valence-electron chi connectivity index (χ1n) is 12.3. The van der Waals surface area contributed by atoms with E-state index in [1.165, 1.54) is 0 Å². The Labute approximate surface area is 221 Å². The highest BCUT2D eigenvalue weighted by Crippen LogP contribution is 2.40. The van der Waals surface area contributed by atoms with Crippen molar-refractivity contribution in [3.8, 4) is 11.1 Å². The lowest BCUT2D eigenvalue weighted by molar-refractivity contribution is -0.110. The number of nitrogens with one attached hydrogen (secondary N) is 3. The van der Waals surface area contributed by atoms with Crippen LogP contribution in [0.4, 0.5) is 5.69 Å². The predicted molar refractivity (Wildman–Crippen MR) is 151 cm³/mol. The molecule has 0 saturated heterocycles. The summed E-state index contributed by atoms with van der Waals surface area (Å²) in [6.45, 7) is 11.9. The molecule has 0 fully saturated rings. The maximum atomic E-state index is 13.1. The average Bonchev–Trinajstić information content (AvgIpc) is 3.35. The van der Waals surface area contributed by atoms with Gasteiger partial charge in [0.2, 0.25) is 0 Å². The van der Waals surface area contributed by atoms with Crippen LogP contribution in [0.25, 0.3) is 22.8 Å². The zero-order chi connectivity index (χ0) is 26.0. The number of aromatic nitrogens is 1. The van der Waals surface area contributed by atoms with Crippen molar-refractivity contribution in [1.82, 2.24) is 15.2 Å². The van der Waals surface area contributed by atoms with Crippen molar-refractivity contribution in [3.63, 3.8) is 0 Å². The second-order valence-electron chi connectivity index (χ2n) is 9.71. The first-order chi connectivity index (χ1) is 17.2. The molecule has 4 rings (SSSR count). The number of aryl methyl sites for hydroxylation is 1. The molecule has 1 aliphatic rings. The lowest BCUT2D eigenvalue weighted by Gasteiger charge is -2.30. The smallest absolute Gasteiger partial charge is 0.256 e. The monoisotopic (exact) mass is 548 g/mol. The maximum absolute atomic E-state index is 13.1. The van der Waals surface area contributed by atoms with Gasteiger partial charge >= 0.3 is 0 Å². The minimum atomic E-state index is -0.183. The van der Waals surface area contributed by atoms with Gasteiger partial charge in [-0.05, 0) is 76.1 Å². The molecule has 36 heavy (non-hydrogen) atoms. The minimum absolute atomic E-state index is 0.154. The molecule has 3 aromatic rings. The number of nitrogens with zero attached hydrogens (tertiary/aromatic N) is 1. The van der Waals surface area contributed by atoms with Gasteiger partial charge in [0.15, 0.2) is 0 Å². The summed E-state index contributed by atoms with van der Waals surface area (Å²) in [6.07, 6.45) is 1.79. The van der Waals surface area contributed by atoms with Gasteiger partial charge in [0, 0.05) is 46.6 Å². The highest BCUT2D eigenvalue weighted by atomic mass is 79.9. The standard InChI is InChI=1S/C29H33BrN4O2/c1-17(2)34(18(3)4)14-13-31-28(35)23-15-19(5)32-26(23)16-24-27-22(20-9-11-21(30)12-10-20)7-6-8-25(27)33-29(24)36/h6-12,15-18,32H,13-14H2,1-5H3,(H,31,35)(H,33,36)/b24-16-. The highest BCUT2D eigenvalue weighted by Gasteiger charge is 2.28. The van der Waals surface area contributed by atoms with Crippen LogP contribution in [0.5, 0.6) is 0 Å². The van der Waals surface area contributed by atoms with Gasteiger partial charge in [0.1, 0.15) is 0 Å². The molecule has 7 heteroatoms. The lowest BCUT2D eigenvalue weighted by Crippen LogP contribution is -2.42. The number of anilines is 1. The lowest BCUT2D eigenvalue weighted by atomic mass is 9.94. The summed E-state index contributed by atoms with van der Waals surface area (Å²) in [5.74, 6) is -0.337. The zero-order valence-electron chi connectivity index (χ0n) is 21.4. The summed E-state index contributed by atoms with van der Waals surface area (Å²) in [5.41, 5.74) is 6.12. The fourth-order valence-corrected chi connectivity index (χ4v) is 5.08. The quantitative estimate of drug-likeness (QED) is 0.298. The van der Waals surface area contributed by atoms with E-state index >= 15 is 0 Å². The molecule has 2 heterocycles. The molecule has 2 amide bonds. The van der Waals surface area contributed by atoms with E-state index in [2.05, 4.69) is 64.1 Å². The second-order valence-corrected chi connectivity index (χ2v) is 10.6. The van der Waals surface area contributed by atoms with Gasteiger partial charge in [-0.3, -0.25) is 14.5 Å². The van der Waals surface area contributed by atoms with Gasteiger partial charge < -0.3 is 15.6 Å². The van der Waals surface area contributed by atoms with Crippen LogP contribution < -0.4 is 10.6 Å². The SMILES string of the molecule is Cc1cc(C(=O)NCCN(C(C)C)C(C)C)c(/C=C2\C(=O)Nc3cccc(-c4ccc(Br)cc4)c32)[nH]1. The summed E-state index contributed by atoms with van der Waals surface area (Å²) in [4.78, 5) is 31.8. The third-order valence-electron chi connectivity index (χ3n) is 6.48. The van der Waals surface area contributed by atoms with Crippen LogP contribution in [0.15, 0.2) is 53.0 Å². The van der Waals surface area contributed by atoms with Crippen LogP contribution >= 0.6 is 15.9 Å². The maximum Gasteiger partial charge on any atom is 0.256 e. The third-order valence-corrected chi connectivity index (χ3v) is 7.01. The van der Waals surface area contributed by atoms with Crippen LogP contribution in [0.2, 0.25) is 0 Å². The van der Waals surface area contributed by atoms with Crippen LogP contribution in [0, 0.1) is 6.92 Å². The van der Waals surface area contributed by atoms with Gasteiger partial charge in [-0.15, -0.1) is 0 Å². The van der Waals surface area contributed by atoms with Crippen LogP contribution in [0.1, 0.15) is 55.0 Å². The van der Waals surface area contributed by atoms with Crippen molar-refractivity contribution >= 4 is 45.1 Å². The summed E-state index contributed by atoms with van der Waals surface area (Å²) in [7, 11) is 0. The van der Waals surface area contributed by atoms with E-state index in [9.17, 15) is 9.59 Å². The first kappa shape index (κ1) is 25.9. The van der Waals surface area contributed by atoms with Crippen molar-refractivity contribution in [3.05, 3.63) is 75.5 Å². The molecule has 0 aliphatic carbocycles. The number of fused-ring (bicyclic) bond motifs is 1. The molecule has 3 N–H and O–H groups in total. The zero-order valence-corrected chi connectivity index (χ0v) is 23.0. The molecule has 0 saturated carbocycles. The predicted octanol–water partition coefficient (Wildman–Crippen LogP) is 6.09. The summed E-state index contributed by atoms with van der Waals surface area (Å²) in [5, 5.41) is 6.03. The Bertz CT molecular complexity index is 1300. The molecule has 0 bridgehead atoms. The number of halogens is 1. The van der Waals surface area contributed by atoms with Crippen LogP contribution in [-0.4, -0.2) is 46.9 Å². The Morgan fingerprint density at radius 2 is 1.78 bits per heavy atom. The van der Waals surface area contributed by atoms with Gasteiger partial charge in [-0.25, -0.2) is 0 Å². The normalized spacial score (nSPS) is 14.1. The first-order valence-corrected chi connectivity index (χ1v) is 13.1. The molecule has 6 nitrogen and oxygen atoms in total. The topological polar surface area (TPSA) is 77.2 Å². The van der Waals surface area contributed by atoms with E-state index < -0.39 is 0 Å². The van der Waals surface area contributed by atoms with E-state index in [1.807, 2.05) is 55.5 Å². The number of amides is 2. The molecule has 2 aromatic carbocycles. The number of hydrogen-bond acceptors (Lipinski definition) is 3. The van der Waals surface area contributed by atoms with Crippen LogP contribution in [0.3, 0.4) is 0 Å². The highest BCUT2D eigenvalue weighted by molar-refractivity contribution is 9.10. The summed E-state index contributed by atoms with van der Waals surface area (Å²) >= 11 is 3.49. The fraction of sp³-hybridized carbons (Fsp3) is 0.310. The number of H-pyrrole nitrogens is 1. The Morgan fingerprint density at radius 1 is 1.08 bits per heavy atom. The summed E-state index contributed by atoms with van der Waals surface area (Å²) in [6, 6.07) is 16.5. The van der Waals surface area contributed by atoms with Gasteiger partial charge in [0.05, 0.1) is 16.8 Å². The van der Waals surface area contributed by atoms with E-state index in [-0.39, 0.29) is 11.8 Å². The molecule has 0 radical (unpaired) electrons. The van der Waals surface area contributed by atoms with E-state index in [1.54, 1.807) is 6.08 Å². The van der Waals surface area contributed by atoms with Crippen molar-refractivity contribution in [1.29, 1.82) is 0 Å².